The first kappa shape index (κ1) is 23.5. The number of benzene rings is 2. The summed E-state index contributed by atoms with van der Waals surface area (Å²) in [5, 5.41) is 0.879. The van der Waals surface area contributed by atoms with Crippen LogP contribution in [0.25, 0.3) is 27.5 Å². The van der Waals surface area contributed by atoms with Crippen LogP contribution in [0, 0.1) is 5.82 Å². The van der Waals surface area contributed by atoms with Crippen LogP contribution in [-0.2, 0) is 7.05 Å². The molecule has 1 aliphatic rings. The van der Waals surface area contributed by atoms with Gasteiger partial charge in [-0.3, -0.25) is 4.79 Å². The molecule has 0 saturated carbocycles. The van der Waals surface area contributed by atoms with Crippen LogP contribution in [0.4, 0.5) is 4.39 Å². The number of aryl methyl sites for hydroxylation is 1. The first-order valence-corrected chi connectivity index (χ1v) is 12.6. The molecule has 0 amide bonds. The Kier molecular flexibility index (Phi) is 6.60. The van der Waals surface area contributed by atoms with Crippen LogP contribution in [0.5, 0.6) is 5.75 Å². The van der Waals surface area contributed by atoms with E-state index in [1.54, 1.807) is 28.6 Å². The van der Waals surface area contributed by atoms with E-state index in [1.165, 1.54) is 25.3 Å². The average Bonchev–Trinajstić information content (AvgIpc) is 3.13. The van der Waals surface area contributed by atoms with Gasteiger partial charge in [0.15, 0.2) is 11.6 Å². The van der Waals surface area contributed by atoms with Gasteiger partial charge in [0.2, 0.25) is 0 Å². The lowest BCUT2D eigenvalue weighted by Gasteiger charge is -2.26. The fourth-order valence-electron chi connectivity index (χ4n) is 5.16. The number of hydrogen-bond donors (Lipinski definition) is 0. The van der Waals surface area contributed by atoms with Gasteiger partial charge in [0.25, 0.3) is 5.56 Å². The highest BCUT2D eigenvalue weighted by molar-refractivity contribution is 5.97. The molecule has 3 heterocycles. The SMILES string of the molecule is CC(C)c1c(=O)n(C)n2cnc3ccc(-c4ccc(OCCCN5CCCCC5)c(F)c4)cc3c12. The van der Waals surface area contributed by atoms with Crippen molar-refractivity contribution in [3.8, 4) is 16.9 Å². The molecule has 1 fully saturated rings. The van der Waals surface area contributed by atoms with Crippen LogP contribution >= 0.6 is 0 Å². The number of fused-ring (bicyclic) bond motifs is 3. The molecule has 4 aromatic rings. The summed E-state index contributed by atoms with van der Waals surface area (Å²) in [6.45, 7) is 7.87. The second-order valence-corrected chi connectivity index (χ2v) is 9.82. The maximum absolute atomic E-state index is 14.9. The van der Waals surface area contributed by atoms with Crippen molar-refractivity contribution in [1.29, 1.82) is 0 Å². The molecular weight excluding hydrogens is 443 g/mol. The molecule has 0 radical (unpaired) electrons. The van der Waals surface area contributed by atoms with E-state index in [0.717, 1.165) is 59.2 Å². The largest absolute Gasteiger partial charge is 0.490 e. The molecule has 7 heteroatoms. The highest BCUT2D eigenvalue weighted by Crippen LogP contribution is 2.31. The number of halogens is 1. The predicted octanol–water partition coefficient (Wildman–Crippen LogP) is 5.37. The molecule has 5 rings (SSSR count). The van der Waals surface area contributed by atoms with Crippen LogP contribution in [0.15, 0.2) is 47.5 Å². The quantitative estimate of drug-likeness (QED) is 0.337. The zero-order chi connectivity index (χ0) is 24.5. The standard InChI is InChI=1S/C28H33FN4O2/c1-19(2)26-27-22-16-20(8-10-24(22)30-18-33(27)31(3)28(26)34)21-9-11-25(23(29)17-21)35-15-7-14-32-12-5-4-6-13-32/h8-11,16-19H,4-7,12-15H2,1-3H3. The summed E-state index contributed by atoms with van der Waals surface area (Å²) < 4.78 is 24.0. The van der Waals surface area contributed by atoms with Crippen molar-refractivity contribution in [1.82, 2.24) is 19.1 Å². The zero-order valence-electron chi connectivity index (χ0n) is 20.8. The molecule has 0 atom stereocenters. The molecule has 1 aliphatic heterocycles. The molecule has 184 valence electrons. The lowest BCUT2D eigenvalue weighted by atomic mass is 9.99. The molecule has 0 unspecified atom stereocenters. The minimum atomic E-state index is -0.365. The number of ether oxygens (including phenoxy) is 1. The van der Waals surface area contributed by atoms with Gasteiger partial charge in [-0.25, -0.2) is 18.6 Å². The van der Waals surface area contributed by atoms with E-state index in [0.29, 0.717) is 6.61 Å². The van der Waals surface area contributed by atoms with Crippen molar-refractivity contribution >= 4 is 16.4 Å². The van der Waals surface area contributed by atoms with Crippen LogP contribution in [0.2, 0.25) is 0 Å². The highest BCUT2D eigenvalue weighted by Gasteiger charge is 2.19. The summed E-state index contributed by atoms with van der Waals surface area (Å²) in [5.74, 6) is -0.0126. The van der Waals surface area contributed by atoms with Crippen molar-refractivity contribution in [2.75, 3.05) is 26.2 Å². The number of piperidine rings is 1. The molecule has 2 aromatic carbocycles. The highest BCUT2D eigenvalue weighted by atomic mass is 19.1. The fraction of sp³-hybridized carbons (Fsp3) is 0.429. The Balaban J connectivity index is 1.40. The molecule has 0 spiro atoms. The molecule has 6 nitrogen and oxygen atoms in total. The lowest BCUT2D eigenvalue weighted by molar-refractivity contribution is 0.203. The molecule has 0 N–H and O–H groups in total. The minimum Gasteiger partial charge on any atom is -0.490 e. The summed E-state index contributed by atoms with van der Waals surface area (Å²) in [6.07, 6.45) is 6.44. The maximum atomic E-state index is 14.9. The monoisotopic (exact) mass is 476 g/mol. The average molecular weight is 477 g/mol. The summed E-state index contributed by atoms with van der Waals surface area (Å²) in [6, 6.07) is 11.0. The van der Waals surface area contributed by atoms with Gasteiger partial charge in [-0.05, 0) is 73.7 Å². The Hall–Kier alpha value is -3.19. The Morgan fingerprint density at radius 2 is 1.80 bits per heavy atom. The number of likely N-dealkylation sites (tertiary alicyclic amines) is 1. The molecular formula is C28H33FN4O2. The topological polar surface area (TPSA) is 51.8 Å². The normalized spacial score (nSPS) is 14.9. The van der Waals surface area contributed by atoms with E-state index >= 15 is 0 Å². The van der Waals surface area contributed by atoms with Crippen molar-refractivity contribution in [2.45, 2.75) is 45.4 Å². The van der Waals surface area contributed by atoms with Crippen molar-refractivity contribution in [2.24, 2.45) is 7.05 Å². The molecule has 0 bridgehead atoms. The summed E-state index contributed by atoms with van der Waals surface area (Å²) in [4.78, 5) is 19.8. The number of aromatic nitrogens is 3. The number of hydrogen-bond acceptors (Lipinski definition) is 4. The zero-order valence-corrected chi connectivity index (χ0v) is 20.8. The van der Waals surface area contributed by atoms with Gasteiger partial charge < -0.3 is 9.64 Å². The lowest BCUT2D eigenvalue weighted by Crippen LogP contribution is -2.31. The maximum Gasteiger partial charge on any atom is 0.270 e. The first-order chi connectivity index (χ1) is 16.9. The van der Waals surface area contributed by atoms with Gasteiger partial charge in [-0.15, -0.1) is 0 Å². The Labute approximate surface area is 204 Å². The minimum absolute atomic E-state index is 0.0208. The molecule has 2 aromatic heterocycles. The fourth-order valence-corrected chi connectivity index (χ4v) is 5.16. The third-order valence-electron chi connectivity index (χ3n) is 7.06. The second-order valence-electron chi connectivity index (χ2n) is 9.82. The molecule has 35 heavy (non-hydrogen) atoms. The van der Waals surface area contributed by atoms with Gasteiger partial charge >= 0.3 is 0 Å². The van der Waals surface area contributed by atoms with Gasteiger partial charge in [-0.2, -0.15) is 0 Å². The summed E-state index contributed by atoms with van der Waals surface area (Å²) >= 11 is 0. The van der Waals surface area contributed by atoms with Crippen molar-refractivity contribution in [3.63, 3.8) is 0 Å². The summed E-state index contributed by atoms with van der Waals surface area (Å²) in [5.41, 5.74) is 4.03. The first-order valence-electron chi connectivity index (χ1n) is 12.6. The summed E-state index contributed by atoms with van der Waals surface area (Å²) in [7, 11) is 1.75. The van der Waals surface area contributed by atoms with Gasteiger partial charge in [0, 0.05) is 24.5 Å². The van der Waals surface area contributed by atoms with E-state index in [1.807, 2.05) is 38.1 Å². The second kappa shape index (κ2) is 9.82. The molecule has 0 aliphatic carbocycles. The Morgan fingerprint density at radius 3 is 2.54 bits per heavy atom. The van der Waals surface area contributed by atoms with E-state index in [2.05, 4.69) is 9.88 Å². The third kappa shape index (κ3) is 4.57. The number of nitrogens with zero attached hydrogens (tertiary/aromatic N) is 4. The van der Waals surface area contributed by atoms with Crippen molar-refractivity contribution in [3.05, 3.63) is 64.5 Å². The van der Waals surface area contributed by atoms with Gasteiger partial charge in [0.05, 0.1) is 17.6 Å². The Bertz CT molecular complexity index is 1420. The third-order valence-corrected chi connectivity index (χ3v) is 7.06. The molecule has 1 saturated heterocycles. The van der Waals surface area contributed by atoms with Crippen LogP contribution in [0.3, 0.4) is 0 Å². The van der Waals surface area contributed by atoms with E-state index in [4.69, 9.17) is 4.74 Å². The van der Waals surface area contributed by atoms with E-state index in [-0.39, 0.29) is 23.0 Å². The number of rotatable bonds is 7. The Morgan fingerprint density at radius 1 is 1.06 bits per heavy atom. The van der Waals surface area contributed by atoms with E-state index < -0.39 is 0 Å². The van der Waals surface area contributed by atoms with Gasteiger partial charge in [0.1, 0.15) is 6.33 Å². The smallest absolute Gasteiger partial charge is 0.270 e. The predicted molar refractivity (Wildman–Crippen MR) is 138 cm³/mol. The van der Waals surface area contributed by atoms with E-state index in [9.17, 15) is 9.18 Å². The van der Waals surface area contributed by atoms with Gasteiger partial charge in [-0.1, -0.05) is 32.4 Å². The van der Waals surface area contributed by atoms with Crippen LogP contribution in [-0.4, -0.2) is 45.3 Å². The van der Waals surface area contributed by atoms with Crippen molar-refractivity contribution < 1.29 is 9.13 Å². The van der Waals surface area contributed by atoms with Crippen LogP contribution in [0.1, 0.15) is 51.0 Å². The van der Waals surface area contributed by atoms with Crippen LogP contribution < -0.4 is 10.3 Å².